The molecule has 0 saturated heterocycles. The minimum absolute atomic E-state index is 0.238. The number of amides is 3. The Bertz CT molecular complexity index is 848. The molecule has 25 heavy (non-hydrogen) atoms. The van der Waals surface area contributed by atoms with Crippen LogP contribution in [-0.2, 0) is 9.53 Å². The van der Waals surface area contributed by atoms with Crippen molar-refractivity contribution in [2.45, 2.75) is 33.8 Å². The molecule has 0 bridgehead atoms. The van der Waals surface area contributed by atoms with Gasteiger partial charge in [-0.2, -0.15) is 0 Å². The van der Waals surface area contributed by atoms with Crippen LogP contribution in [-0.4, -0.2) is 34.0 Å². The Labute approximate surface area is 144 Å². The van der Waals surface area contributed by atoms with Crippen LogP contribution in [0.25, 0.3) is 11.0 Å². The fourth-order valence-corrected chi connectivity index (χ4v) is 2.23. The van der Waals surface area contributed by atoms with Crippen LogP contribution >= 0.6 is 0 Å². The molecule has 3 amide bonds. The monoisotopic (exact) mass is 344 g/mol. The number of carbonyl (C=O) groups is 3. The number of imide groups is 1. The molecule has 2 aromatic rings. The normalized spacial score (nSPS) is 12.0. The van der Waals surface area contributed by atoms with Gasteiger partial charge in [0.15, 0.2) is 6.10 Å². The van der Waals surface area contributed by atoms with E-state index < -0.39 is 24.0 Å². The van der Waals surface area contributed by atoms with Gasteiger partial charge < -0.3 is 10.5 Å². The quantitative estimate of drug-likeness (QED) is 0.812. The summed E-state index contributed by atoms with van der Waals surface area (Å²) in [5, 5.41) is 1.92. The van der Waals surface area contributed by atoms with Crippen LogP contribution in [0.4, 0.5) is 4.79 Å². The molecule has 0 aliphatic rings. The number of nitrogens with one attached hydrogen (secondary N) is 1. The molecular weight excluding hydrogens is 324 g/mol. The molecule has 0 spiro atoms. The first-order valence-corrected chi connectivity index (χ1v) is 7.75. The van der Waals surface area contributed by atoms with Gasteiger partial charge in [0.1, 0.15) is 0 Å². The SMILES string of the molecule is Cc1nc2ccc(C(=O)O[C@H](C(=O)NC(N)=O)C(C)C)cc2nc1C. The molecule has 3 N–H and O–H groups in total. The summed E-state index contributed by atoms with van der Waals surface area (Å²) >= 11 is 0. The smallest absolute Gasteiger partial charge is 0.339 e. The maximum absolute atomic E-state index is 12.4. The van der Waals surface area contributed by atoms with Crippen LogP contribution < -0.4 is 11.1 Å². The highest BCUT2D eigenvalue weighted by molar-refractivity contribution is 5.99. The van der Waals surface area contributed by atoms with Gasteiger partial charge in [-0.15, -0.1) is 0 Å². The second-order valence-corrected chi connectivity index (χ2v) is 6.02. The van der Waals surface area contributed by atoms with Crippen molar-refractivity contribution in [3.05, 3.63) is 35.2 Å². The lowest BCUT2D eigenvalue weighted by molar-refractivity contribution is -0.130. The van der Waals surface area contributed by atoms with Crippen molar-refractivity contribution in [1.82, 2.24) is 15.3 Å². The highest BCUT2D eigenvalue weighted by atomic mass is 16.5. The highest BCUT2D eigenvalue weighted by Crippen LogP contribution is 2.17. The third-order valence-electron chi connectivity index (χ3n) is 3.66. The molecule has 8 nitrogen and oxygen atoms in total. The van der Waals surface area contributed by atoms with Crippen molar-refractivity contribution in [1.29, 1.82) is 0 Å². The Morgan fingerprint density at radius 2 is 1.68 bits per heavy atom. The van der Waals surface area contributed by atoms with Crippen LogP contribution in [0.1, 0.15) is 35.6 Å². The largest absolute Gasteiger partial charge is 0.448 e. The number of carbonyl (C=O) groups excluding carboxylic acids is 3. The van der Waals surface area contributed by atoms with E-state index in [9.17, 15) is 14.4 Å². The number of aryl methyl sites for hydroxylation is 2. The molecule has 1 aromatic carbocycles. The number of aromatic nitrogens is 2. The minimum atomic E-state index is -1.14. The number of primary amides is 1. The molecule has 1 atom stereocenters. The van der Waals surface area contributed by atoms with Crippen LogP contribution in [0.2, 0.25) is 0 Å². The lowest BCUT2D eigenvalue weighted by Crippen LogP contribution is -2.45. The summed E-state index contributed by atoms with van der Waals surface area (Å²) in [5.74, 6) is -1.79. The zero-order valence-electron chi connectivity index (χ0n) is 14.5. The lowest BCUT2D eigenvalue weighted by atomic mass is 10.1. The molecule has 0 radical (unpaired) electrons. The second kappa shape index (κ2) is 7.25. The van der Waals surface area contributed by atoms with Gasteiger partial charge in [0.25, 0.3) is 5.91 Å². The molecule has 1 aromatic heterocycles. The standard InChI is InChI=1S/C17H20N4O4/c1-8(2)14(15(22)21-17(18)24)25-16(23)11-5-6-12-13(7-11)20-10(4)9(3)19-12/h5-8,14H,1-4H3,(H3,18,21,22,24)/t14-/m0/s1. The topological polar surface area (TPSA) is 124 Å². The summed E-state index contributed by atoms with van der Waals surface area (Å²) in [4.78, 5) is 43.9. The van der Waals surface area contributed by atoms with E-state index in [4.69, 9.17) is 10.5 Å². The Hall–Kier alpha value is -3.03. The Morgan fingerprint density at radius 3 is 2.24 bits per heavy atom. The van der Waals surface area contributed by atoms with Gasteiger partial charge in [-0.1, -0.05) is 13.8 Å². The molecule has 0 fully saturated rings. The maximum atomic E-state index is 12.4. The molecule has 0 unspecified atom stereocenters. The van der Waals surface area contributed by atoms with E-state index in [2.05, 4.69) is 9.97 Å². The third kappa shape index (κ3) is 4.28. The van der Waals surface area contributed by atoms with Crippen molar-refractivity contribution in [3.63, 3.8) is 0 Å². The zero-order chi connectivity index (χ0) is 18.7. The minimum Gasteiger partial charge on any atom is -0.448 e. The number of benzene rings is 1. The predicted molar refractivity (Wildman–Crippen MR) is 90.8 cm³/mol. The van der Waals surface area contributed by atoms with Crippen LogP contribution in [0.5, 0.6) is 0 Å². The summed E-state index contributed by atoms with van der Waals surface area (Å²) in [6, 6.07) is 3.77. The van der Waals surface area contributed by atoms with Gasteiger partial charge in [-0.05, 0) is 38.0 Å². The van der Waals surface area contributed by atoms with Crippen LogP contribution in [0.3, 0.4) is 0 Å². The average molecular weight is 344 g/mol. The molecular formula is C17H20N4O4. The number of nitrogens with zero attached hydrogens (tertiary/aromatic N) is 2. The van der Waals surface area contributed by atoms with E-state index in [1.807, 2.05) is 19.2 Å². The van der Waals surface area contributed by atoms with Crippen LogP contribution in [0, 0.1) is 19.8 Å². The predicted octanol–water partition coefficient (Wildman–Crippen LogP) is 1.62. The van der Waals surface area contributed by atoms with E-state index in [0.29, 0.717) is 11.0 Å². The van der Waals surface area contributed by atoms with E-state index >= 15 is 0 Å². The van der Waals surface area contributed by atoms with Gasteiger partial charge in [-0.3, -0.25) is 10.1 Å². The molecule has 0 aliphatic carbocycles. The Kier molecular flexibility index (Phi) is 5.31. The molecule has 0 saturated carbocycles. The fourth-order valence-electron chi connectivity index (χ4n) is 2.23. The van der Waals surface area contributed by atoms with Crippen molar-refractivity contribution in [2.75, 3.05) is 0 Å². The summed E-state index contributed by atoms with van der Waals surface area (Å²) in [7, 11) is 0. The van der Waals surface area contributed by atoms with E-state index in [-0.39, 0.29) is 11.5 Å². The lowest BCUT2D eigenvalue weighted by Gasteiger charge is -2.19. The second-order valence-electron chi connectivity index (χ2n) is 6.02. The summed E-state index contributed by atoms with van der Waals surface area (Å²) in [5.41, 5.74) is 7.96. The van der Waals surface area contributed by atoms with E-state index in [1.54, 1.807) is 32.0 Å². The summed E-state index contributed by atoms with van der Waals surface area (Å²) < 4.78 is 5.26. The molecule has 8 heteroatoms. The van der Waals surface area contributed by atoms with Gasteiger partial charge in [0.05, 0.1) is 28.0 Å². The Morgan fingerprint density at radius 1 is 1.08 bits per heavy atom. The number of esters is 1. The Balaban J connectivity index is 2.26. The van der Waals surface area contributed by atoms with Gasteiger partial charge in [0, 0.05) is 0 Å². The number of hydrogen-bond acceptors (Lipinski definition) is 6. The van der Waals surface area contributed by atoms with Crippen LogP contribution in [0.15, 0.2) is 18.2 Å². The van der Waals surface area contributed by atoms with E-state index in [1.165, 1.54) is 0 Å². The van der Waals surface area contributed by atoms with E-state index in [0.717, 1.165) is 11.4 Å². The number of fused-ring (bicyclic) bond motifs is 1. The summed E-state index contributed by atoms with van der Waals surface area (Å²) in [6.07, 6.45) is -1.14. The molecule has 0 aliphatic heterocycles. The number of rotatable bonds is 4. The first-order chi connectivity index (χ1) is 11.7. The third-order valence-corrected chi connectivity index (χ3v) is 3.66. The van der Waals surface area contributed by atoms with Gasteiger partial charge in [0.2, 0.25) is 0 Å². The molecule has 1 heterocycles. The van der Waals surface area contributed by atoms with Gasteiger partial charge >= 0.3 is 12.0 Å². The van der Waals surface area contributed by atoms with Crippen molar-refractivity contribution < 1.29 is 19.1 Å². The molecule has 132 valence electrons. The highest BCUT2D eigenvalue weighted by Gasteiger charge is 2.28. The maximum Gasteiger partial charge on any atom is 0.339 e. The average Bonchev–Trinajstić information content (AvgIpc) is 2.51. The van der Waals surface area contributed by atoms with Crippen molar-refractivity contribution >= 4 is 28.9 Å². The first kappa shape index (κ1) is 18.3. The zero-order valence-corrected chi connectivity index (χ0v) is 14.5. The number of hydrogen-bond donors (Lipinski definition) is 2. The number of ether oxygens (including phenoxy) is 1. The summed E-state index contributed by atoms with van der Waals surface area (Å²) in [6.45, 7) is 7.07. The number of nitrogens with two attached hydrogens (primary N) is 1. The first-order valence-electron chi connectivity index (χ1n) is 7.75. The van der Waals surface area contributed by atoms with Crippen molar-refractivity contribution in [2.24, 2.45) is 11.7 Å². The number of urea groups is 1. The van der Waals surface area contributed by atoms with Crippen molar-refractivity contribution in [3.8, 4) is 0 Å². The van der Waals surface area contributed by atoms with Gasteiger partial charge in [-0.25, -0.2) is 19.6 Å². The molecule has 2 rings (SSSR count). The fraction of sp³-hybridized carbons (Fsp3) is 0.353.